The zero-order valence-corrected chi connectivity index (χ0v) is 35.4. The number of aromatic amines is 1. The molecule has 1 aliphatic heterocycles. The molecule has 1 aromatic heterocycles. The number of ether oxygens (including phenoxy) is 2. The van der Waals surface area contributed by atoms with Crippen LogP contribution < -0.4 is 31.9 Å². The molecule has 0 spiro atoms. The number of carbonyl (C=O) groups excluding carboxylic acids is 7. The lowest BCUT2D eigenvalue weighted by molar-refractivity contribution is -0.146. The van der Waals surface area contributed by atoms with Gasteiger partial charge < -0.3 is 46.4 Å². The van der Waals surface area contributed by atoms with E-state index in [1.807, 2.05) is 74.5 Å². The van der Waals surface area contributed by atoms with Crippen LogP contribution >= 0.6 is 0 Å². The number of nitrogens with one attached hydrogen (secondary N) is 7. The molecule has 5 atom stereocenters. The molecule has 0 bridgehead atoms. The van der Waals surface area contributed by atoms with Crippen molar-refractivity contribution in [2.75, 3.05) is 13.7 Å². The first-order valence-corrected chi connectivity index (χ1v) is 21.0. The molecule has 16 nitrogen and oxygen atoms in total. The molecular formula is C46H57N7O9. The van der Waals surface area contributed by atoms with Crippen molar-refractivity contribution in [1.82, 2.24) is 36.9 Å². The van der Waals surface area contributed by atoms with E-state index in [1.54, 1.807) is 30.5 Å². The number of hydrogen-bond acceptors (Lipinski definition) is 9. The molecule has 330 valence electrons. The molecule has 4 aromatic rings. The predicted octanol–water partition coefficient (Wildman–Crippen LogP) is 3.49. The monoisotopic (exact) mass is 851 g/mol. The van der Waals surface area contributed by atoms with Crippen molar-refractivity contribution in [3.8, 4) is 0 Å². The molecule has 0 radical (unpaired) electrons. The summed E-state index contributed by atoms with van der Waals surface area (Å²) in [5, 5.41) is 17.4. The van der Waals surface area contributed by atoms with Crippen LogP contribution in [0.1, 0.15) is 69.1 Å². The van der Waals surface area contributed by atoms with Gasteiger partial charge in [-0.3, -0.25) is 24.0 Å². The number of benzene rings is 3. The first-order chi connectivity index (χ1) is 29.9. The Kier molecular flexibility index (Phi) is 17.4. The maximum absolute atomic E-state index is 14.3. The molecule has 0 unspecified atom stereocenters. The molecule has 16 heteroatoms. The molecule has 1 aliphatic rings. The fourth-order valence-electron chi connectivity index (χ4n) is 7.22. The van der Waals surface area contributed by atoms with Crippen LogP contribution in [0.2, 0.25) is 0 Å². The number of rotatable bonds is 18. The Labute approximate surface area is 361 Å². The number of para-hydroxylation sites is 1. The lowest BCUT2D eigenvalue weighted by atomic mass is 10.0. The molecule has 3 aromatic carbocycles. The van der Waals surface area contributed by atoms with Crippen LogP contribution in [0.5, 0.6) is 0 Å². The van der Waals surface area contributed by atoms with Crippen LogP contribution in [0.4, 0.5) is 4.79 Å². The topological polar surface area (TPSA) is 226 Å². The number of carbonyl (C=O) groups is 7. The summed E-state index contributed by atoms with van der Waals surface area (Å²) in [6, 6.07) is 20.1. The van der Waals surface area contributed by atoms with Gasteiger partial charge in [-0.15, -0.1) is 0 Å². The van der Waals surface area contributed by atoms with E-state index < -0.39 is 71.8 Å². The highest BCUT2D eigenvalue weighted by molar-refractivity contribution is 5.97. The molecule has 5 rings (SSSR count). The van der Waals surface area contributed by atoms with E-state index in [0.29, 0.717) is 12.8 Å². The number of unbranched alkanes of at least 4 members (excludes halogenated alkanes) is 1. The van der Waals surface area contributed by atoms with E-state index in [9.17, 15) is 33.6 Å². The summed E-state index contributed by atoms with van der Waals surface area (Å²) in [7, 11) is 1.23. The lowest BCUT2D eigenvalue weighted by Crippen LogP contribution is -2.59. The molecule has 0 saturated carbocycles. The minimum Gasteiger partial charge on any atom is -0.467 e. The van der Waals surface area contributed by atoms with Gasteiger partial charge in [-0.2, -0.15) is 0 Å². The zero-order chi connectivity index (χ0) is 44.4. The van der Waals surface area contributed by atoms with Gasteiger partial charge in [0.2, 0.25) is 29.5 Å². The van der Waals surface area contributed by atoms with Gasteiger partial charge >= 0.3 is 12.1 Å². The van der Waals surface area contributed by atoms with Gasteiger partial charge in [0.1, 0.15) is 36.8 Å². The summed E-state index contributed by atoms with van der Waals surface area (Å²) >= 11 is 0. The second kappa shape index (κ2) is 23.3. The summed E-state index contributed by atoms with van der Waals surface area (Å²) < 4.78 is 10.2. The second-order valence-electron chi connectivity index (χ2n) is 15.8. The maximum Gasteiger partial charge on any atom is 0.407 e. The van der Waals surface area contributed by atoms with Crippen molar-refractivity contribution in [2.24, 2.45) is 5.92 Å². The van der Waals surface area contributed by atoms with E-state index >= 15 is 0 Å². The number of H-pyrrole nitrogens is 1. The highest BCUT2D eigenvalue weighted by Gasteiger charge is 2.34. The highest BCUT2D eigenvalue weighted by Crippen LogP contribution is 2.20. The van der Waals surface area contributed by atoms with Gasteiger partial charge in [0, 0.05) is 42.9 Å². The summed E-state index contributed by atoms with van der Waals surface area (Å²) in [5.41, 5.74) is 3.14. The largest absolute Gasteiger partial charge is 0.467 e. The van der Waals surface area contributed by atoms with Crippen molar-refractivity contribution in [1.29, 1.82) is 0 Å². The summed E-state index contributed by atoms with van der Waals surface area (Å²) in [5.74, 6) is -3.75. The molecule has 0 aliphatic carbocycles. The van der Waals surface area contributed by atoms with Gasteiger partial charge in [0.05, 0.1) is 7.11 Å². The average molecular weight is 852 g/mol. The minimum atomic E-state index is -1.29. The number of esters is 1. The zero-order valence-electron chi connectivity index (χ0n) is 35.4. The number of fused-ring (bicyclic) bond motifs is 1. The molecular weight excluding hydrogens is 795 g/mol. The van der Waals surface area contributed by atoms with Gasteiger partial charge in [0.15, 0.2) is 0 Å². The molecule has 1 fully saturated rings. The quantitative estimate of drug-likeness (QED) is 0.0574. The second-order valence-corrected chi connectivity index (χ2v) is 15.8. The summed E-state index contributed by atoms with van der Waals surface area (Å²) in [4.78, 5) is 97.7. The first-order valence-electron chi connectivity index (χ1n) is 21.0. The minimum absolute atomic E-state index is 0.0245. The molecule has 7 N–H and O–H groups in total. The van der Waals surface area contributed by atoms with Gasteiger partial charge in [-0.1, -0.05) is 92.7 Å². The Bertz CT molecular complexity index is 2140. The van der Waals surface area contributed by atoms with Crippen LogP contribution in [-0.2, 0) is 57.7 Å². The third-order valence-electron chi connectivity index (χ3n) is 10.5. The third kappa shape index (κ3) is 14.2. The normalized spacial score (nSPS) is 17.9. The number of methoxy groups -OCH3 is 1. The van der Waals surface area contributed by atoms with Crippen LogP contribution in [0.25, 0.3) is 10.9 Å². The van der Waals surface area contributed by atoms with E-state index in [0.717, 1.165) is 27.6 Å². The van der Waals surface area contributed by atoms with Crippen molar-refractivity contribution < 1.29 is 43.0 Å². The molecule has 2 heterocycles. The Morgan fingerprint density at radius 3 is 2.16 bits per heavy atom. The molecule has 6 amide bonds. The fourth-order valence-corrected chi connectivity index (χ4v) is 7.22. The average Bonchev–Trinajstić information content (AvgIpc) is 3.67. The van der Waals surface area contributed by atoms with Crippen molar-refractivity contribution in [2.45, 2.75) is 102 Å². The SMILES string of the molecule is COC(=O)[C@H](CC(C)C)NC(=O)[C@H](Cc1c[nH]c2ccccc12)NC(=O)[C@@H]1CCC(=O)N[C@H](CCCCNC(=O)OCc2ccccc2)C(=O)N[C@@H](Cc2ccccc2)C(=O)N1. The van der Waals surface area contributed by atoms with Crippen molar-refractivity contribution in [3.05, 3.63) is 108 Å². The van der Waals surface area contributed by atoms with Crippen LogP contribution in [0.15, 0.2) is 91.1 Å². The number of aromatic nitrogens is 1. The predicted molar refractivity (Wildman–Crippen MR) is 231 cm³/mol. The van der Waals surface area contributed by atoms with Crippen LogP contribution in [0.3, 0.4) is 0 Å². The summed E-state index contributed by atoms with van der Waals surface area (Å²) in [6.45, 7) is 4.19. The number of hydrogen-bond donors (Lipinski definition) is 7. The van der Waals surface area contributed by atoms with Crippen molar-refractivity contribution >= 4 is 52.5 Å². The van der Waals surface area contributed by atoms with E-state index in [-0.39, 0.29) is 57.6 Å². The standard InChI is InChI=1S/C46H57N7O9/c1-29(2)24-39(45(59)61-3)53-44(58)38(26-32-27-48-34-19-11-10-18-33(32)34)52-42(56)36-21-22-40(54)49-35(20-12-13-23-47-46(60)62-28-31-16-8-5-9-17-31)41(55)51-37(43(57)50-36)25-30-14-6-4-7-15-30/h4-11,14-19,27,29,35-39,48H,12-13,20-26,28H2,1-3H3,(H,47,60)(H,49,54)(H,50,57)(H,51,55)(H,52,56)(H,53,58)/t35-,36+,37+,38+,39+/m1/s1. The van der Waals surface area contributed by atoms with Crippen molar-refractivity contribution in [3.63, 3.8) is 0 Å². The van der Waals surface area contributed by atoms with Gasteiger partial charge in [0.25, 0.3) is 0 Å². The van der Waals surface area contributed by atoms with Gasteiger partial charge in [-0.25, -0.2) is 9.59 Å². The molecule has 62 heavy (non-hydrogen) atoms. The smallest absolute Gasteiger partial charge is 0.407 e. The number of amides is 6. The Balaban J connectivity index is 1.30. The number of alkyl carbamates (subject to hydrolysis) is 1. The third-order valence-corrected chi connectivity index (χ3v) is 10.5. The fraction of sp³-hybridized carbons (Fsp3) is 0.413. The summed E-state index contributed by atoms with van der Waals surface area (Å²) in [6.07, 6.45) is 2.28. The maximum atomic E-state index is 14.3. The van der Waals surface area contributed by atoms with E-state index in [1.165, 1.54) is 7.11 Å². The Hall–Kier alpha value is -6.71. The van der Waals surface area contributed by atoms with Gasteiger partial charge in [-0.05, 0) is 60.8 Å². The first kappa shape index (κ1) is 46.4. The lowest BCUT2D eigenvalue weighted by Gasteiger charge is -2.26. The van der Waals surface area contributed by atoms with E-state index in [4.69, 9.17) is 9.47 Å². The Morgan fingerprint density at radius 2 is 1.45 bits per heavy atom. The van der Waals surface area contributed by atoms with Crippen LogP contribution in [-0.4, -0.2) is 90.4 Å². The van der Waals surface area contributed by atoms with Crippen LogP contribution in [0, 0.1) is 5.92 Å². The Morgan fingerprint density at radius 1 is 0.774 bits per heavy atom. The van der Waals surface area contributed by atoms with E-state index in [2.05, 4.69) is 36.9 Å². The highest BCUT2D eigenvalue weighted by atomic mass is 16.5. The molecule has 1 saturated heterocycles.